The molecule has 0 aliphatic heterocycles. The standard InChI is InChI=1S/C8H8O5S.K.H/c9-8(10)7(14(11,12)13)6-4-2-1-3-5-6;;/h1-5,7H,(H,9,10)(H,11,12,13);;. The summed E-state index contributed by atoms with van der Waals surface area (Å²) < 4.78 is 30.2. The zero-order valence-electron chi connectivity index (χ0n) is 6.99. The summed E-state index contributed by atoms with van der Waals surface area (Å²) >= 11 is 0. The summed E-state index contributed by atoms with van der Waals surface area (Å²) in [5.74, 6) is -1.60. The van der Waals surface area contributed by atoms with Gasteiger partial charge in [0.25, 0.3) is 10.1 Å². The van der Waals surface area contributed by atoms with Crippen molar-refractivity contribution in [1.82, 2.24) is 0 Å². The van der Waals surface area contributed by atoms with Gasteiger partial charge < -0.3 is 5.11 Å². The molecule has 5 nitrogen and oxygen atoms in total. The van der Waals surface area contributed by atoms with Crippen LogP contribution in [0.1, 0.15) is 10.8 Å². The van der Waals surface area contributed by atoms with Crippen LogP contribution in [-0.4, -0.2) is 75.4 Å². The van der Waals surface area contributed by atoms with Crippen molar-refractivity contribution in [2.24, 2.45) is 0 Å². The number of rotatable bonds is 3. The molecule has 0 radical (unpaired) electrons. The molecule has 0 bridgehead atoms. The van der Waals surface area contributed by atoms with Crippen LogP contribution in [0.2, 0.25) is 0 Å². The van der Waals surface area contributed by atoms with Gasteiger partial charge in [-0.3, -0.25) is 9.35 Å². The number of hydrogen-bond donors (Lipinski definition) is 2. The van der Waals surface area contributed by atoms with Crippen LogP contribution in [0.15, 0.2) is 30.3 Å². The van der Waals surface area contributed by atoms with Crippen molar-refractivity contribution in [2.45, 2.75) is 5.25 Å². The minimum absolute atomic E-state index is 0. The predicted octanol–water partition coefficient (Wildman–Crippen LogP) is 0.0516. The van der Waals surface area contributed by atoms with Gasteiger partial charge >= 0.3 is 57.4 Å². The fourth-order valence-electron chi connectivity index (χ4n) is 1.07. The number of benzene rings is 1. The first kappa shape index (κ1) is 15.2. The third kappa shape index (κ3) is 4.31. The normalized spacial score (nSPS) is 12.6. The van der Waals surface area contributed by atoms with Gasteiger partial charge in [-0.25, -0.2) is 0 Å². The van der Waals surface area contributed by atoms with E-state index in [2.05, 4.69) is 0 Å². The van der Waals surface area contributed by atoms with Gasteiger partial charge in [-0.05, 0) is 5.56 Å². The molecule has 0 saturated heterocycles. The Labute approximate surface area is 130 Å². The second-order valence-electron chi connectivity index (χ2n) is 2.64. The number of carboxylic acids is 1. The van der Waals surface area contributed by atoms with Crippen LogP contribution in [0, 0.1) is 0 Å². The van der Waals surface area contributed by atoms with Crippen molar-refractivity contribution in [3.63, 3.8) is 0 Å². The molecule has 78 valence electrons. The van der Waals surface area contributed by atoms with E-state index in [1.54, 1.807) is 6.07 Å². The molecule has 1 unspecified atom stereocenters. The summed E-state index contributed by atoms with van der Waals surface area (Å²) in [6.45, 7) is 0. The topological polar surface area (TPSA) is 91.7 Å². The first-order chi connectivity index (χ1) is 6.43. The first-order valence-corrected chi connectivity index (χ1v) is 5.17. The number of carboxylic acid groups (broad SMARTS) is 1. The van der Waals surface area contributed by atoms with Gasteiger partial charge in [-0.1, -0.05) is 30.3 Å². The second-order valence-corrected chi connectivity index (χ2v) is 4.15. The quantitative estimate of drug-likeness (QED) is 0.589. The molecule has 1 aromatic carbocycles. The summed E-state index contributed by atoms with van der Waals surface area (Å²) in [6, 6.07) is 7.26. The van der Waals surface area contributed by atoms with Gasteiger partial charge in [0.15, 0.2) is 0 Å². The van der Waals surface area contributed by atoms with Crippen molar-refractivity contribution >= 4 is 67.5 Å². The van der Waals surface area contributed by atoms with E-state index in [4.69, 9.17) is 9.66 Å². The van der Waals surface area contributed by atoms with Crippen molar-refractivity contribution in [2.75, 3.05) is 0 Å². The summed E-state index contributed by atoms with van der Waals surface area (Å²) in [4.78, 5) is 10.6. The van der Waals surface area contributed by atoms with E-state index < -0.39 is 21.3 Å². The fourth-order valence-corrected chi connectivity index (χ4v) is 1.83. The van der Waals surface area contributed by atoms with Crippen molar-refractivity contribution in [1.29, 1.82) is 0 Å². The molecule has 2 N–H and O–H groups in total. The zero-order chi connectivity index (χ0) is 10.8. The van der Waals surface area contributed by atoms with Crippen LogP contribution < -0.4 is 0 Å². The molecule has 1 rings (SSSR count). The maximum atomic E-state index is 10.7. The van der Waals surface area contributed by atoms with Crippen molar-refractivity contribution in [3.05, 3.63) is 35.9 Å². The molecule has 7 heteroatoms. The predicted molar refractivity (Wildman–Crippen MR) is 55.5 cm³/mol. The third-order valence-electron chi connectivity index (χ3n) is 1.62. The molecule has 0 spiro atoms. The number of hydrogen-bond acceptors (Lipinski definition) is 3. The summed E-state index contributed by atoms with van der Waals surface area (Å²) in [5.41, 5.74) is 0.0301. The van der Waals surface area contributed by atoms with Crippen LogP contribution in [-0.2, 0) is 14.9 Å². The molecule has 0 aliphatic carbocycles. The van der Waals surface area contributed by atoms with E-state index in [9.17, 15) is 13.2 Å². The second kappa shape index (κ2) is 6.09. The molecular weight excluding hydrogens is 247 g/mol. The molecule has 1 aromatic rings. The Bertz CT molecular complexity index is 428. The molecular formula is C8H9KO5S. The van der Waals surface area contributed by atoms with Crippen LogP contribution in [0.5, 0.6) is 0 Å². The summed E-state index contributed by atoms with van der Waals surface area (Å²) in [7, 11) is -4.62. The fraction of sp³-hybridized carbons (Fsp3) is 0.125. The summed E-state index contributed by atoms with van der Waals surface area (Å²) in [5, 5.41) is 6.71. The van der Waals surface area contributed by atoms with E-state index in [0.717, 1.165) is 0 Å². The van der Waals surface area contributed by atoms with Crippen molar-refractivity contribution in [3.8, 4) is 0 Å². The monoisotopic (exact) mass is 256 g/mol. The molecule has 0 heterocycles. The molecule has 15 heavy (non-hydrogen) atoms. The Morgan fingerprint density at radius 1 is 1.20 bits per heavy atom. The first-order valence-electron chi connectivity index (χ1n) is 3.67. The van der Waals surface area contributed by atoms with E-state index >= 15 is 0 Å². The van der Waals surface area contributed by atoms with Crippen molar-refractivity contribution < 1.29 is 22.9 Å². The van der Waals surface area contributed by atoms with E-state index in [-0.39, 0.29) is 56.9 Å². The van der Waals surface area contributed by atoms with Gasteiger partial charge in [0, 0.05) is 0 Å². The van der Waals surface area contributed by atoms with Gasteiger partial charge in [-0.2, -0.15) is 8.42 Å². The van der Waals surface area contributed by atoms with Crippen LogP contribution >= 0.6 is 0 Å². The molecule has 0 fully saturated rings. The number of aliphatic carboxylic acids is 1. The Hall–Kier alpha value is 0.236. The third-order valence-corrected chi connectivity index (χ3v) is 2.69. The SMILES string of the molecule is O=C(O)C(c1ccccc1)S(=O)(=O)O.[KH]. The van der Waals surface area contributed by atoms with Gasteiger partial charge in [-0.15, -0.1) is 0 Å². The average molecular weight is 256 g/mol. The van der Waals surface area contributed by atoms with Gasteiger partial charge in [0.2, 0.25) is 5.25 Å². The zero-order valence-corrected chi connectivity index (χ0v) is 7.81. The Morgan fingerprint density at radius 3 is 2.00 bits per heavy atom. The Kier molecular flexibility index (Phi) is 6.19. The van der Waals surface area contributed by atoms with Crippen LogP contribution in [0.25, 0.3) is 0 Å². The van der Waals surface area contributed by atoms with Crippen LogP contribution in [0.4, 0.5) is 0 Å². The average Bonchev–Trinajstić information content (AvgIpc) is 2.02. The Balaban J connectivity index is 0.00000196. The Morgan fingerprint density at radius 2 is 1.67 bits per heavy atom. The van der Waals surface area contributed by atoms with E-state index in [1.807, 2.05) is 0 Å². The molecule has 0 amide bonds. The van der Waals surface area contributed by atoms with E-state index in [1.165, 1.54) is 24.3 Å². The summed E-state index contributed by atoms with van der Waals surface area (Å²) in [6.07, 6.45) is 0. The van der Waals surface area contributed by atoms with Crippen LogP contribution in [0.3, 0.4) is 0 Å². The van der Waals surface area contributed by atoms with Gasteiger partial charge in [0.05, 0.1) is 0 Å². The molecule has 0 aliphatic rings. The maximum absolute atomic E-state index is 10.7. The minimum atomic E-state index is -4.62. The van der Waals surface area contributed by atoms with E-state index in [0.29, 0.717) is 0 Å². The van der Waals surface area contributed by atoms with Gasteiger partial charge in [0.1, 0.15) is 0 Å². The molecule has 1 atom stereocenters. The number of carbonyl (C=O) groups is 1. The molecule has 0 aromatic heterocycles. The molecule has 0 saturated carbocycles.